The molecule has 2 atom stereocenters. The molecular formula is C23H26N2O5. The van der Waals surface area contributed by atoms with Crippen LogP contribution in [0.5, 0.6) is 0 Å². The van der Waals surface area contributed by atoms with Crippen LogP contribution in [0.25, 0.3) is 0 Å². The predicted octanol–water partition coefficient (Wildman–Crippen LogP) is 2.94. The third kappa shape index (κ3) is 5.17. The molecule has 0 radical (unpaired) electrons. The summed E-state index contributed by atoms with van der Waals surface area (Å²) in [5.74, 6) is -1.54. The monoisotopic (exact) mass is 411 g/mol. The molecule has 0 aliphatic carbocycles. The lowest BCUT2D eigenvalue weighted by atomic mass is 10.0. The van der Waals surface area contributed by atoms with Crippen LogP contribution in [0.2, 0.25) is 0 Å². The highest BCUT2D eigenvalue weighted by atomic mass is 16.6. The quantitative estimate of drug-likeness (QED) is 0.757. The molecule has 3 rings (SSSR count). The first-order chi connectivity index (χ1) is 15.0. The van der Waals surface area contributed by atoms with Gasteiger partial charge < -0.3 is 14.7 Å². The van der Waals surface area contributed by atoms with E-state index >= 15 is 0 Å². The fourth-order valence-electron chi connectivity index (χ4n) is 3.58. The summed E-state index contributed by atoms with van der Waals surface area (Å²) in [4.78, 5) is 40.2. The highest BCUT2D eigenvalue weighted by molar-refractivity contribution is 5.90. The van der Waals surface area contributed by atoms with E-state index in [0.717, 1.165) is 16.0 Å². The smallest absolute Gasteiger partial charge is 0.410 e. The average Bonchev–Trinajstić information content (AvgIpc) is 3.29. The zero-order valence-corrected chi connectivity index (χ0v) is 16.6. The Balaban J connectivity index is 1.81. The Hall–Kier alpha value is -3.35. The van der Waals surface area contributed by atoms with E-state index in [0.29, 0.717) is 19.4 Å². The molecule has 0 bridgehead atoms. The lowest BCUT2D eigenvalue weighted by Crippen LogP contribution is -2.53. The summed E-state index contributed by atoms with van der Waals surface area (Å²) in [6.07, 6.45) is 0.347. The number of carbonyl (C=O) groups excluding carboxylic acids is 2. The van der Waals surface area contributed by atoms with Crippen molar-refractivity contribution in [3.05, 3.63) is 71.8 Å². The van der Waals surface area contributed by atoms with Crippen LogP contribution in [0, 0.1) is 0 Å². The molecule has 158 valence electrons. The van der Waals surface area contributed by atoms with Crippen LogP contribution in [-0.2, 0) is 27.4 Å². The molecule has 1 heterocycles. The summed E-state index contributed by atoms with van der Waals surface area (Å²) in [5.41, 5.74) is 1.60. The van der Waals surface area contributed by atoms with Gasteiger partial charge in [-0.3, -0.25) is 9.69 Å². The van der Waals surface area contributed by atoms with Crippen molar-refractivity contribution in [2.45, 2.75) is 38.0 Å². The molecule has 0 unspecified atom stereocenters. The molecule has 30 heavy (non-hydrogen) atoms. The molecular weight excluding hydrogens is 384 g/mol. The normalized spacial score (nSPS) is 17.1. The van der Waals surface area contributed by atoms with Gasteiger partial charge in [0.05, 0.1) is 0 Å². The van der Waals surface area contributed by atoms with E-state index in [4.69, 9.17) is 6.11 Å². The average molecular weight is 411 g/mol. The Bertz CT molecular complexity index is 893. The zero-order valence-electron chi connectivity index (χ0n) is 17.6. The van der Waals surface area contributed by atoms with E-state index in [9.17, 15) is 19.5 Å². The van der Waals surface area contributed by atoms with Crippen LogP contribution in [0.3, 0.4) is 0 Å². The maximum atomic E-state index is 13.4. The molecule has 1 fully saturated rings. The van der Waals surface area contributed by atoms with Gasteiger partial charge in [0.2, 0.25) is 5.91 Å². The van der Waals surface area contributed by atoms with E-state index in [2.05, 4.69) is 0 Å². The van der Waals surface area contributed by atoms with Crippen LogP contribution in [-0.4, -0.2) is 58.5 Å². The van der Waals surface area contributed by atoms with Gasteiger partial charge in [-0.2, -0.15) is 0 Å². The van der Waals surface area contributed by atoms with Crippen molar-refractivity contribution in [2.75, 3.05) is 13.6 Å². The number of hydrogen-bond acceptors (Lipinski definition) is 4. The highest BCUT2D eigenvalue weighted by Gasteiger charge is 2.39. The van der Waals surface area contributed by atoms with E-state index in [1.54, 1.807) is 0 Å². The van der Waals surface area contributed by atoms with E-state index in [-0.39, 0.29) is 13.0 Å². The third-order valence-corrected chi connectivity index (χ3v) is 5.19. The van der Waals surface area contributed by atoms with Crippen molar-refractivity contribution in [1.82, 2.24) is 9.80 Å². The number of aliphatic carboxylic acids is 1. The van der Waals surface area contributed by atoms with Gasteiger partial charge in [0.15, 0.2) is 0 Å². The minimum atomic E-state index is -1.06. The number of amides is 2. The Morgan fingerprint density at radius 2 is 1.77 bits per heavy atom. The van der Waals surface area contributed by atoms with Gasteiger partial charge in [0.1, 0.15) is 18.7 Å². The van der Waals surface area contributed by atoms with Crippen molar-refractivity contribution >= 4 is 18.0 Å². The summed E-state index contributed by atoms with van der Waals surface area (Å²) in [7, 11) is -0.484. The van der Waals surface area contributed by atoms with Gasteiger partial charge in [0, 0.05) is 21.4 Å². The number of ether oxygens (including phenoxy) is 1. The maximum Gasteiger partial charge on any atom is 0.410 e. The van der Waals surface area contributed by atoms with Crippen LogP contribution in [0.4, 0.5) is 4.79 Å². The number of rotatable bonds is 7. The minimum Gasteiger partial charge on any atom is -0.480 e. The van der Waals surface area contributed by atoms with Crippen molar-refractivity contribution in [2.24, 2.45) is 0 Å². The molecule has 1 aliphatic rings. The van der Waals surface area contributed by atoms with Crippen LogP contribution >= 0.6 is 0 Å². The number of benzene rings is 2. The Kier molecular flexibility index (Phi) is 6.59. The van der Waals surface area contributed by atoms with Gasteiger partial charge in [-0.05, 0) is 24.0 Å². The minimum absolute atomic E-state index is 0.0177. The topological polar surface area (TPSA) is 87.2 Å². The summed E-state index contributed by atoms with van der Waals surface area (Å²) in [6, 6.07) is 16.3. The van der Waals surface area contributed by atoms with Gasteiger partial charge >= 0.3 is 12.1 Å². The number of likely N-dealkylation sites (tertiary alicyclic amines) is 1. The zero-order chi connectivity index (χ0) is 22.2. The summed E-state index contributed by atoms with van der Waals surface area (Å²) in [5, 5.41) is 9.48. The molecule has 2 aromatic rings. The van der Waals surface area contributed by atoms with Gasteiger partial charge in [-0.1, -0.05) is 60.7 Å². The lowest BCUT2D eigenvalue weighted by Gasteiger charge is -2.32. The number of carboxylic acids is 1. The number of hydrogen-bond donors (Lipinski definition) is 1. The molecule has 0 spiro atoms. The maximum absolute atomic E-state index is 13.4. The number of carbonyl (C=O) groups is 3. The highest BCUT2D eigenvalue weighted by Crippen LogP contribution is 2.22. The summed E-state index contributed by atoms with van der Waals surface area (Å²) in [6.45, 7) is 0.329. The predicted molar refractivity (Wildman–Crippen MR) is 111 cm³/mol. The van der Waals surface area contributed by atoms with Crippen molar-refractivity contribution < 1.29 is 25.6 Å². The molecule has 1 aliphatic heterocycles. The molecule has 0 aromatic heterocycles. The van der Waals surface area contributed by atoms with Gasteiger partial charge in [0.25, 0.3) is 0 Å². The van der Waals surface area contributed by atoms with Gasteiger partial charge in [-0.15, -0.1) is 0 Å². The first-order valence-electron chi connectivity index (χ1n) is 10.6. The molecule has 2 amide bonds. The summed E-state index contributed by atoms with van der Waals surface area (Å²) >= 11 is 0. The Labute approximate surface area is 177 Å². The Morgan fingerprint density at radius 1 is 1.13 bits per heavy atom. The van der Waals surface area contributed by atoms with E-state index in [1.165, 1.54) is 4.90 Å². The number of likely N-dealkylation sites (N-methyl/N-ethyl adjacent to an activating group) is 1. The SMILES string of the molecule is [2H]CN(C(=O)OCc1ccccc1)[C@@H](Cc1ccccc1)C(=O)N1CCC[C@H]1C(=O)O. The second-order valence-electron chi connectivity index (χ2n) is 7.24. The lowest BCUT2D eigenvalue weighted by molar-refractivity contribution is -0.150. The van der Waals surface area contributed by atoms with Crippen LogP contribution in [0.1, 0.15) is 25.3 Å². The fourth-order valence-corrected chi connectivity index (χ4v) is 3.58. The fraction of sp³-hybridized carbons (Fsp3) is 0.348. The first kappa shape index (κ1) is 19.9. The van der Waals surface area contributed by atoms with Crippen molar-refractivity contribution in [1.29, 1.82) is 0 Å². The second-order valence-corrected chi connectivity index (χ2v) is 7.24. The third-order valence-electron chi connectivity index (χ3n) is 5.19. The number of carboxylic acid groups (broad SMARTS) is 1. The van der Waals surface area contributed by atoms with E-state index < -0.39 is 37.1 Å². The number of nitrogens with zero attached hydrogens (tertiary/aromatic N) is 2. The van der Waals surface area contributed by atoms with Crippen LogP contribution in [0.15, 0.2) is 60.7 Å². The van der Waals surface area contributed by atoms with E-state index in [1.807, 2.05) is 60.7 Å². The largest absolute Gasteiger partial charge is 0.480 e. The molecule has 7 heteroatoms. The molecule has 2 aromatic carbocycles. The van der Waals surface area contributed by atoms with Crippen molar-refractivity contribution in [3.63, 3.8) is 0 Å². The summed E-state index contributed by atoms with van der Waals surface area (Å²) < 4.78 is 13.3. The van der Waals surface area contributed by atoms with Crippen LogP contribution < -0.4 is 0 Å². The Morgan fingerprint density at radius 3 is 2.37 bits per heavy atom. The van der Waals surface area contributed by atoms with Gasteiger partial charge in [-0.25, -0.2) is 9.59 Å². The first-order valence-corrected chi connectivity index (χ1v) is 9.85. The molecule has 1 saturated heterocycles. The van der Waals surface area contributed by atoms with Crippen molar-refractivity contribution in [3.8, 4) is 0 Å². The molecule has 0 saturated carbocycles. The molecule has 1 N–H and O–H groups in total. The standard InChI is InChI=1S/C23H26N2O5/c1-24(23(29)30-16-18-11-6-3-7-12-18)20(15-17-9-4-2-5-10-17)21(26)25-14-8-13-19(25)22(27)28/h2-7,9-12,19-20H,8,13-16H2,1H3,(H,27,28)/t19-,20-/m0/s1/i1D. The second kappa shape index (κ2) is 9.91. The molecule has 7 nitrogen and oxygen atoms in total.